The number of rotatable bonds is 4. The Morgan fingerprint density at radius 1 is 1.23 bits per heavy atom. The molecule has 0 radical (unpaired) electrons. The average Bonchev–Trinajstić information content (AvgIpc) is 3.01. The van der Waals surface area contributed by atoms with Crippen LogP contribution < -0.4 is 15.4 Å². The Morgan fingerprint density at radius 2 is 1.95 bits per heavy atom. The van der Waals surface area contributed by atoms with Gasteiger partial charge in [-0.05, 0) is 24.6 Å². The van der Waals surface area contributed by atoms with Crippen molar-refractivity contribution >= 4 is 22.9 Å². The molecule has 22 heavy (non-hydrogen) atoms. The third kappa shape index (κ3) is 2.41. The van der Waals surface area contributed by atoms with Gasteiger partial charge in [0, 0.05) is 7.05 Å². The van der Waals surface area contributed by atoms with Crippen molar-refractivity contribution in [1.82, 2.24) is 19.9 Å². The molecule has 1 atom stereocenters. The summed E-state index contributed by atoms with van der Waals surface area (Å²) in [4.78, 5) is 17.7. The molecular weight excluding hydrogens is 280 g/mol. The van der Waals surface area contributed by atoms with Gasteiger partial charge < -0.3 is 20.4 Å². The van der Waals surface area contributed by atoms with E-state index in [4.69, 9.17) is 10.5 Å². The zero-order chi connectivity index (χ0) is 15.7. The van der Waals surface area contributed by atoms with Gasteiger partial charge in [-0.2, -0.15) is 9.97 Å². The van der Waals surface area contributed by atoms with Gasteiger partial charge in [-0.1, -0.05) is 12.1 Å². The first-order valence-corrected chi connectivity index (χ1v) is 6.93. The molecule has 2 heterocycles. The third-order valence-corrected chi connectivity index (χ3v) is 3.80. The highest BCUT2D eigenvalue weighted by Crippen LogP contribution is 2.29. The molecule has 3 N–H and O–H groups in total. The van der Waals surface area contributed by atoms with E-state index in [2.05, 4.69) is 26.9 Å². The van der Waals surface area contributed by atoms with Crippen molar-refractivity contribution < 1.29 is 4.74 Å². The fourth-order valence-electron chi connectivity index (χ4n) is 2.38. The van der Waals surface area contributed by atoms with Gasteiger partial charge in [0.1, 0.15) is 11.3 Å². The number of aromatic nitrogens is 4. The highest BCUT2D eigenvalue weighted by Gasteiger charge is 2.18. The molecule has 0 amide bonds. The van der Waals surface area contributed by atoms with Crippen molar-refractivity contribution in [1.29, 1.82) is 0 Å². The van der Waals surface area contributed by atoms with E-state index in [1.165, 1.54) is 0 Å². The maximum absolute atomic E-state index is 5.78. The second kappa shape index (κ2) is 5.51. The maximum atomic E-state index is 5.78. The number of aromatic amines is 1. The molecule has 114 valence electrons. The molecule has 0 saturated carbocycles. The SMILES string of the molecule is COc1ccc(C(C)N(C)c2nc(N)nc3nc[nH]c23)cc1. The van der Waals surface area contributed by atoms with Gasteiger partial charge in [0.15, 0.2) is 11.5 Å². The van der Waals surface area contributed by atoms with Crippen molar-refractivity contribution in [3.05, 3.63) is 36.2 Å². The quantitative estimate of drug-likeness (QED) is 0.766. The predicted octanol–water partition coefficient (Wildman–Crippen LogP) is 2.14. The molecule has 0 spiro atoms. The first kappa shape index (κ1) is 14.1. The van der Waals surface area contributed by atoms with Crippen LogP contribution in [0.25, 0.3) is 11.2 Å². The van der Waals surface area contributed by atoms with Crippen molar-refractivity contribution in [3.8, 4) is 5.75 Å². The lowest BCUT2D eigenvalue weighted by Gasteiger charge is -2.26. The number of methoxy groups -OCH3 is 1. The number of nitrogens with two attached hydrogens (primary N) is 1. The molecule has 2 aromatic heterocycles. The number of anilines is 2. The number of hydrogen-bond acceptors (Lipinski definition) is 6. The molecule has 3 rings (SSSR count). The standard InChI is InChI=1S/C15H18N6O/c1-9(10-4-6-11(22-3)7-5-10)21(2)14-12-13(18-8-17-12)19-15(16)20-14/h4-9H,1-3H3,(H3,16,17,18,19,20). The number of ether oxygens (including phenoxy) is 1. The molecule has 0 saturated heterocycles. The molecule has 0 fully saturated rings. The van der Waals surface area contributed by atoms with Crippen LogP contribution in [0.2, 0.25) is 0 Å². The first-order valence-electron chi connectivity index (χ1n) is 6.93. The lowest BCUT2D eigenvalue weighted by atomic mass is 10.1. The van der Waals surface area contributed by atoms with Gasteiger partial charge in [0.25, 0.3) is 0 Å². The largest absolute Gasteiger partial charge is 0.497 e. The van der Waals surface area contributed by atoms with Gasteiger partial charge in [0.2, 0.25) is 5.95 Å². The van der Waals surface area contributed by atoms with Gasteiger partial charge in [-0.25, -0.2) is 4.98 Å². The number of H-pyrrole nitrogens is 1. The Labute approximate surface area is 128 Å². The van der Waals surface area contributed by atoms with Crippen LogP contribution in [0.1, 0.15) is 18.5 Å². The van der Waals surface area contributed by atoms with Gasteiger partial charge in [-0.3, -0.25) is 0 Å². The number of hydrogen-bond donors (Lipinski definition) is 2. The van der Waals surface area contributed by atoms with Crippen LogP contribution in [0.3, 0.4) is 0 Å². The highest BCUT2D eigenvalue weighted by molar-refractivity contribution is 5.84. The number of nitrogens with zero attached hydrogens (tertiary/aromatic N) is 4. The Balaban J connectivity index is 1.97. The third-order valence-electron chi connectivity index (χ3n) is 3.80. The lowest BCUT2D eigenvalue weighted by molar-refractivity contribution is 0.414. The maximum Gasteiger partial charge on any atom is 0.224 e. The molecule has 1 unspecified atom stereocenters. The minimum atomic E-state index is 0.103. The van der Waals surface area contributed by atoms with Crippen LogP contribution in [-0.4, -0.2) is 34.1 Å². The molecule has 7 nitrogen and oxygen atoms in total. The Hall–Kier alpha value is -2.83. The second-order valence-corrected chi connectivity index (χ2v) is 5.07. The second-order valence-electron chi connectivity index (χ2n) is 5.07. The van der Waals surface area contributed by atoms with E-state index >= 15 is 0 Å². The molecule has 0 aliphatic rings. The lowest BCUT2D eigenvalue weighted by Crippen LogP contribution is -2.23. The van der Waals surface area contributed by atoms with Crippen molar-refractivity contribution in [2.24, 2.45) is 0 Å². The minimum Gasteiger partial charge on any atom is -0.497 e. The first-order chi connectivity index (χ1) is 10.6. The Bertz CT molecular complexity index is 782. The number of imidazole rings is 1. The summed E-state index contributed by atoms with van der Waals surface area (Å²) in [5.41, 5.74) is 8.27. The summed E-state index contributed by atoms with van der Waals surface area (Å²) in [6.45, 7) is 2.10. The summed E-state index contributed by atoms with van der Waals surface area (Å²) in [6.07, 6.45) is 1.59. The van der Waals surface area contributed by atoms with Gasteiger partial charge in [0.05, 0.1) is 19.5 Å². The molecule has 7 heteroatoms. The average molecular weight is 298 g/mol. The van der Waals surface area contributed by atoms with Crippen molar-refractivity contribution in [2.75, 3.05) is 24.8 Å². The van der Waals surface area contributed by atoms with Gasteiger partial charge in [-0.15, -0.1) is 0 Å². The molecular formula is C15H18N6O. The Morgan fingerprint density at radius 3 is 2.64 bits per heavy atom. The summed E-state index contributed by atoms with van der Waals surface area (Å²) in [5.74, 6) is 1.77. The van der Waals surface area contributed by atoms with E-state index in [0.29, 0.717) is 5.65 Å². The number of benzene rings is 1. The fraction of sp³-hybridized carbons (Fsp3) is 0.267. The number of nitrogen functional groups attached to an aromatic ring is 1. The number of nitrogens with one attached hydrogen (secondary N) is 1. The summed E-state index contributed by atoms with van der Waals surface area (Å²) >= 11 is 0. The van der Waals surface area contributed by atoms with E-state index in [1.54, 1.807) is 13.4 Å². The van der Waals surface area contributed by atoms with Crippen molar-refractivity contribution in [2.45, 2.75) is 13.0 Å². The van der Waals surface area contributed by atoms with Crippen LogP contribution in [-0.2, 0) is 0 Å². The van der Waals surface area contributed by atoms with E-state index in [9.17, 15) is 0 Å². The van der Waals surface area contributed by atoms with E-state index < -0.39 is 0 Å². The minimum absolute atomic E-state index is 0.103. The summed E-state index contributed by atoms with van der Waals surface area (Å²) in [7, 11) is 3.63. The van der Waals surface area contributed by atoms with Gasteiger partial charge >= 0.3 is 0 Å². The smallest absolute Gasteiger partial charge is 0.224 e. The normalized spacial score (nSPS) is 12.3. The molecule has 0 aliphatic heterocycles. The van der Waals surface area contributed by atoms with Crippen LogP contribution in [0.5, 0.6) is 5.75 Å². The highest BCUT2D eigenvalue weighted by atomic mass is 16.5. The van der Waals surface area contributed by atoms with Crippen LogP contribution in [0.15, 0.2) is 30.6 Å². The Kier molecular flexibility index (Phi) is 3.54. The monoisotopic (exact) mass is 298 g/mol. The summed E-state index contributed by atoms with van der Waals surface area (Å²) in [6, 6.07) is 8.06. The summed E-state index contributed by atoms with van der Waals surface area (Å²) in [5, 5.41) is 0. The van der Waals surface area contributed by atoms with Crippen LogP contribution >= 0.6 is 0 Å². The molecule has 0 bridgehead atoms. The zero-order valence-corrected chi connectivity index (χ0v) is 12.7. The van der Waals surface area contributed by atoms with Crippen LogP contribution in [0, 0.1) is 0 Å². The van der Waals surface area contributed by atoms with E-state index in [-0.39, 0.29) is 12.0 Å². The summed E-state index contributed by atoms with van der Waals surface area (Å²) < 4.78 is 5.19. The molecule has 3 aromatic rings. The van der Waals surface area contributed by atoms with E-state index in [1.807, 2.05) is 36.2 Å². The number of fused-ring (bicyclic) bond motifs is 1. The van der Waals surface area contributed by atoms with E-state index in [0.717, 1.165) is 22.6 Å². The van der Waals surface area contributed by atoms with Crippen molar-refractivity contribution in [3.63, 3.8) is 0 Å². The molecule has 1 aromatic carbocycles. The van der Waals surface area contributed by atoms with Crippen LogP contribution in [0.4, 0.5) is 11.8 Å². The predicted molar refractivity (Wildman–Crippen MR) is 85.9 cm³/mol. The fourth-order valence-corrected chi connectivity index (χ4v) is 2.38. The molecule has 0 aliphatic carbocycles. The topological polar surface area (TPSA) is 92.9 Å². The zero-order valence-electron chi connectivity index (χ0n) is 12.7.